The van der Waals surface area contributed by atoms with Crippen molar-refractivity contribution in [1.29, 1.82) is 0 Å². The number of esters is 3. The minimum Gasteiger partial charge on any atom is -0.463 e. The van der Waals surface area contributed by atoms with Crippen molar-refractivity contribution >= 4 is 35.3 Å². The van der Waals surface area contributed by atoms with Crippen LogP contribution in [0, 0.1) is 22.2 Å². The van der Waals surface area contributed by atoms with E-state index in [0.717, 1.165) is 12.8 Å². The van der Waals surface area contributed by atoms with E-state index in [-0.39, 0.29) is 30.9 Å². The third kappa shape index (κ3) is 30.4. The lowest BCUT2D eigenvalue weighted by Gasteiger charge is -2.13. The quantitative estimate of drug-likeness (QED) is 0.120. The van der Waals surface area contributed by atoms with Crippen LogP contribution >= 0.6 is 0 Å². The first kappa shape index (κ1) is 48.5. The van der Waals surface area contributed by atoms with Crippen LogP contribution in [0.15, 0.2) is 36.5 Å². The summed E-state index contributed by atoms with van der Waals surface area (Å²) in [5, 5.41) is 0. The highest BCUT2D eigenvalue weighted by atomic mass is 16.5. The Kier molecular flexibility index (Phi) is 25.8. The summed E-state index contributed by atoms with van der Waals surface area (Å²) in [6, 6.07) is 0. The van der Waals surface area contributed by atoms with Crippen LogP contribution in [-0.4, -0.2) is 54.6 Å². The Bertz CT molecular complexity index is 1010. The fourth-order valence-electron chi connectivity index (χ4n) is 2.05. The lowest BCUT2D eigenvalue weighted by Crippen LogP contribution is -2.18. The molecule has 260 valence electrons. The zero-order valence-electron chi connectivity index (χ0n) is 29.6. The molecule has 0 rings (SSSR count). The highest BCUT2D eigenvalue weighted by Gasteiger charge is 2.20. The zero-order chi connectivity index (χ0) is 35.3. The monoisotopic (exact) mass is 638 g/mol. The minimum absolute atomic E-state index is 0. The molecule has 0 aliphatic carbocycles. The molecular formula is C36H62O9. The molecule has 9 nitrogen and oxygen atoms in total. The van der Waals surface area contributed by atoms with Crippen molar-refractivity contribution in [3.63, 3.8) is 0 Å². The van der Waals surface area contributed by atoms with E-state index < -0.39 is 34.2 Å². The molecule has 0 spiro atoms. The second-order valence-electron chi connectivity index (χ2n) is 13.7. The van der Waals surface area contributed by atoms with Crippen LogP contribution in [0.3, 0.4) is 0 Å². The Labute approximate surface area is 273 Å². The van der Waals surface area contributed by atoms with Crippen molar-refractivity contribution in [3.8, 4) is 0 Å². The molecule has 0 saturated carbocycles. The van der Waals surface area contributed by atoms with Gasteiger partial charge in [0.25, 0.3) is 0 Å². The van der Waals surface area contributed by atoms with Gasteiger partial charge in [-0.05, 0) is 43.9 Å². The number of ketones is 3. The molecule has 45 heavy (non-hydrogen) atoms. The number of ether oxygens (including phenoxy) is 3. The normalized spacial score (nSPS) is 12.3. The summed E-state index contributed by atoms with van der Waals surface area (Å²) < 4.78 is 14.6. The van der Waals surface area contributed by atoms with Crippen LogP contribution < -0.4 is 0 Å². The molecule has 0 aromatic rings. The predicted molar refractivity (Wildman–Crippen MR) is 180 cm³/mol. The van der Waals surface area contributed by atoms with Gasteiger partial charge in [0.15, 0.2) is 17.3 Å². The highest BCUT2D eigenvalue weighted by molar-refractivity contribution is 5.99. The predicted octanol–water partition coefficient (Wildman–Crippen LogP) is 7.60. The molecule has 0 fully saturated rings. The van der Waals surface area contributed by atoms with Gasteiger partial charge < -0.3 is 14.2 Å². The Morgan fingerprint density at radius 1 is 0.556 bits per heavy atom. The summed E-state index contributed by atoms with van der Waals surface area (Å²) in [7, 11) is 0. The standard InChI is InChI=1S/2C12H20O3.C11H18O3.CH4/c1-9(2)8-15-11(14)7-6-10(13)12(3,4)5;1-6-9(2)15-11(14)8-7-10(13)12(3,4)5;1-5-8-14-10(13)7-6-9(12)11(2,3)4;/h6-7,9H,8H2,1-5H3;7-9H,6H2,1-5H3;6-7H,5,8H2,1-4H3;1H4/b7-6-;8-7-;7-6-;. The van der Waals surface area contributed by atoms with E-state index in [4.69, 9.17) is 14.2 Å². The smallest absolute Gasteiger partial charge is 0.331 e. The first-order valence-corrected chi connectivity index (χ1v) is 15.1. The average molecular weight is 639 g/mol. The van der Waals surface area contributed by atoms with Crippen molar-refractivity contribution in [2.45, 2.75) is 123 Å². The second-order valence-corrected chi connectivity index (χ2v) is 13.7. The SMILES string of the molecule is C.CC(C)COC(=O)/C=C\C(=O)C(C)(C)C.CCC(C)OC(=O)/C=C\C(=O)C(C)(C)C.CCCOC(=O)/C=C\C(=O)C(C)(C)C. The van der Waals surface area contributed by atoms with Crippen molar-refractivity contribution in [1.82, 2.24) is 0 Å². The number of carbonyl (C=O) groups is 6. The topological polar surface area (TPSA) is 130 Å². The number of hydrogen-bond acceptors (Lipinski definition) is 9. The number of hydrogen-bond donors (Lipinski definition) is 0. The van der Waals surface area contributed by atoms with E-state index in [9.17, 15) is 28.8 Å². The maximum atomic E-state index is 11.4. The molecule has 9 heteroatoms. The maximum Gasteiger partial charge on any atom is 0.331 e. The largest absolute Gasteiger partial charge is 0.463 e. The van der Waals surface area contributed by atoms with Gasteiger partial charge in [-0.1, -0.05) is 97.4 Å². The fourth-order valence-corrected chi connectivity index (χ4v) is 2.05. The summed E-state index contributed by atoms with van der Waals surface area (Å²) in [5.41, 5.74) is -1.34. The third-order valence-electron chi connectivity index (χ3n) is 5.23. The molecule has 0 heterocycles. The summed E-state index contributed by atoms with van der Waals surface area (Å²) in [6.45, 7) is 26.6. The zero-order valence-corrected chi connectivity index (χ0v) is 29.6. The van der Waals surface area contributed by atoms with E-state index in [1.807, 2.05) is 34.6 Å². The summed E-state index contributed by atoms with van der Waals surface area (Å²) >= 11 is 0. The molecule has 0 aliphatic heterocycles. The van der Waals surface area contributed by atoms with E-state index in [1.165, 1.54) is 36.5 Å². The van der Waals surface area contributed by atoms with Gasteiger partial charge in [-0.15, -0.1) is 0 Å². The maximum absolute atomic E-state index is 11.4. The average Bonchev–Trinajstić information content (AvgIpc) is 2.89. The molecular weight excluding hydrogens is 576 g/mol. The Morgan fingerprint density at radius 3 is 1.18 bits per heavy atom. The van der Waals surface area contributed by atoms with Crippen LogP contribution in [0.4, 0.5) is 0 Å². The van der Waals surface area contributed by atoms with E-state index in [0.29, 0.717) is 19.1 Å². The molecule has 0 amide bonds. The molecule has 1 unspecified atom stereocenters. The Hall–Kier alpha value is -3.36. The molecule has 1 atom stereocenters. The molecule has 0 bridgehead atoms. The first-order chi connectivity index (χ1) is 19.9. The molecule has 0 aromatic heterocycles. The van der Waals surface area contributed by atoms with Gasteiger partial charge in [-0.25, -0.2) is 14.4 Å². The van der Waals surface area contributed by atoms with Crippen LogP contribution in [-0.2, 0) is 43.0 Å². The van der Waals surface area contributed by atoms with Crippen molar-refractivity contribution in [2.24, 2.45) is 22.2 Å². The van der Waals surface area contributed by atoms with E-state index in [2.05, 4.69) is 0 Å². The van der Waals surface area contributed by atoms with Gasteiger partial charge in [-0.3, -0.25) is 14.4 Å². The molecule has 0 N–H and O–H groups in total. The Balaban J connectivity index is -0.000000277. The fraction of sp³-hybridized carbons (Fsp3) is 0.667. The minimum atomic E-state index is -0.457. The van der Waals surface area contributed by atoms with Crippen LogP contribution in [0.25, 0.3) is 0 Å². The van der Waals surface area contributed by atoms with E-state index in [1.54, 1.807) is 62.3 Å². The van der Waals surface area contributed by atoms with Gasteiger partial charge in [0, 0.05) is 34.5 Å². The van der Waals surface area contributed by atoms with Crippen LogP contribution in [0.2, 0.25) is 0 Å². The molecule has 0 radical (unpaired) electrons. The molecule has 0 aromatic carbocycles. The van der Waals surface area contributed by atoms with Crippen molar-refractivity contribution in [3.05, 3.63) is 36.5 Å². The van der Waals surface area contributed by atoms with Crippen LogP contribution in [0.1, 0.15) is 117 Å². The second kappa shape index (κ2) is 23.9. The van der Waals surface area contributed by atoms with Gasteiger partial charge in [-0.2, -0.15) is 0 Å². The number of carbonyl (C=O) groups excluding carboxylic acids is 6. The van der Waals surface area contributed by atoms with E-state index >= 15 is 0 Å². The van der Waals surface area contributed by atoms with Gasteiger partial charge in [0.05, 0.1) is 19.3 Å². The van der Waals surface area contributed by atoms with Gasteiger partial charge >= 0.3 is 17.9 Å². The van der Waals surface area contributed by atoms with Crippen molar-refractivity contribution in [2.75, 3.05) is 13.2 Å². The highest BCUT2D eigenvalue weighted by Crippen LogP contribution is 2.16. The summed E-state index contributed by atoms with van der Waals surface area (Å²) in [5.74, 6) is -1.30. The lowest BCUT2D eigenvalue weighted by atomic mass is 9.91. The van der Waals surface area contributed by atoms with Crippen LogP contribution in [0.5, 0.6) is 0 Å². The lowest BCUT2D eigenvalue weighted by molar-refractivity contribution is -0.142. The van der Waals surface area contributed by atoms with Gasteiger partial charge in [0.2, 0.25) is 0 Å². The first-order valence-electron chi connectivity index (χ1n) is 15.1. The van der Waals surface area contributed by atoms with Gasteiger partial charge in [0.1, 0.15) is 0 Å². The third-order valence-corrected chi connectivity index (χ3v) is 5.23. The summed E-state index contributed by atoms with van der Waals surface area (Å²) in [6.07, 6.45) is 8.86. The number of rotatable bonds is 12. The number of allylic oxidation sites excluding steroid dienone is 3. The Morgan fingerprint density at radius 2 is 0.889 bits per heavy atom. The summed E-state index contributed by atoms with van der Waals surface area (Å²) in [4.78, 5) is 67.5. The molecule has 0 aliphatic rings. The molecule has 0 saturated heterocycles. The van der Waals surface area contributed by atoms with Crippen molar-refractivity contribution < 1.29 is 43.0 Å².